The summed E-state index contributed by atoms with van der Waals surface area (Å²) >= 11 is 0. The molecule has 3 nitrogen and oxygen atoms in total. The number of nitrogens with zero attached hydrogens (tertiary/aromatic N) is 2. The molecule has 0 bridgehead atoms. The molecule has 25 heavy (non-hydrogen) atoms. The number of rotatable bonds is 3. The highest BCUT2D eigenvalue weighted by molar-refractivity contribution is 5.46. The van der Waals surface area contributed by atoms with Crippen LogP contribution in [0, 0.1) is 5.82 Å². The monoisotopic (exact) mass is 350 g/mol. The summed E-state index contributed by atoms with van der Waals surface area (Å²) in [6, 6.07) is 7.95. The average Bonchev–Trinajstić information content (AvgIpc) is 2.86. The predicted molar refractivity (Wildman–Crippen MR) is 91.2 cm³/mol. The van der Waals surface area contributed by atoms with E-state index in [2.05, 4.69) is 4.98 Å². The Balaban J connectivity index is 1.78. The summed E-state index contributed by atoms with van der Waals surface area (Å²) in [5.74, 6) is -1.80. The molecule has 1 saturated heterocycles. The second-order valence-electron chi connectivity index (χ2n) is 7.37. The summed E-state index contributed by atoms with van der Waals surface area (Å²) in [6.07, 6.45) is 1.32. The number of alkyl halides is 2. The van der Waals surface area contributed by atoms with Crippen LogP contribution >= 0.6 is 0 Å². The van der Waals surface area contributed by atoms with Crippen LogP contribution in [-0.2, 0) is 5.41 Å². The first-order valence-electron chi connectivity index (χ1n) is 8.21. The van der Waals surface area contributed by atoms with Gasteiger partial charge in [-0.05, 0) is 23.1 Å². The van der Waals surface area contributed by atoms with E-state index in [1.165, 1.54) is 17.2 Å². The second kappa shape index (κ2) is 6.24. The highest BCUT2D eigenvalue weighted by Crippen LogP contribution is 2.33. The number of anilines is 1. The third kappa shape index (κ3) is 4.06. The number of benzene rings is 1. The van der Waals surface area contributed by atoms with Gasteiger partial charge in [-0.1, -0.05) is 26.8 Å². The first kappa shape index (κ1) is 17.6. The zero-order valence-electron chi connectivity index (χ0n) is 14.5. The van der Waals surface area contributed by atoms with Gasteiger partial charge in [-0.3, -0.25) is 0 Å². The Kier molecular flexibility index (Phi) is 4.39. The Hall–Kier alpha value is -2.24. The van der Waals surface area contributed by atoms with Gasteiger partial charge in [0.1, 0.15) is 23.1 Å². The third-order valence-corrected chi connectivity index (χ3v) is 4.19. The molecule has 1 aliphatic heterocycles. The first-order valence-corrected chi connectivity index (χ1v) is 8.21. The fraction of sp³-hybridized carbons (Fsp3) is 0.421. The van der Waals surface area contributed by atoms with Crippen molar-refractivity contribution >= 4 is 5.82 Å². The summed E-state index contributed by atoms with van der Waals surface area (Å²) in [6.45, 7) is 5.71. The molecule has 1 aromatic carbocycles. The van der Waals surface area contributed by atoms with E-state index in [1.54, 1.807) is 24.3 Å². The molecule has 0 radical (unpaired) electrons. The summed E-state index contributed by atoms with van der Waals surface area (Å²) in [4.78, 5) is 5.66. The van der Waals surface area contributed by atoms with E-state index in [0.717, 1.165) is 0 Å². The standard InChI is InChI=1S/C19H21F3N2O/c1-18(2,3)15-5-4-13(10-16(15)20)25-14-6-8-23-17(11-14)24-9-7-19(21,22)12-24/h4-6,8,10-11H,7,9,12H2,1-3H3. The highest BCUT2D eigenvalue weighted by atomic mass is 19.3. The second-order valence-corrected chi connectivity index (χ2v) is 7.37. The van der Waals surface area contributed by atoms with E-state index in [4.69, 9.17) is 4.74 Å². The first-order chi connectivity index (χ1) is 11.6. The van der Waals surface area contributed by atoms with E-state index in [0.29, 0.717) is 22.9 Å². The maximum atomic E-state index is 14.3. The van der Waals surface area contributed by atoms with Gasteiger partial charge in [0.15, 0.2) is 0 Å². The number of halogens is 3. The van der Waals surface area contributed by atoms with Crippen molar-refractivity contribution in [2.75, 3.05) is 18.0 Å². The Morgan fingerprint density at radius 2 is 1.84 bits per heavy atom. The van der Waals surface area contributed by atoms with Crippen molar-refractivity contribution in [3.8, 4) is 11.5 Å². The maximum Gasteiger partial charge on any atom is 0.266 e. The molecule has 3 rings (SSSR count). The van der Waals surface area contributed by atoms with Crippen LogP contribution in [0.25, 0.3) is 0 Å². The summed E-state index contributed by atoms with van der Waals surface area (Å²) in [7, 11) is 0. The van der Waals surface area contributed by atoms with Crippen molar-refractivity contribution in [2.24, 2.45) is 0 Å². The molecule has 0 N–H and O–H groups in total. The van der Waals surface area contributed by atoms with Crippen LogP contribution in [0.2, 0.25) is 0 Å². The van der Waals surface area contributed by atoms with E-state index in [-0.39, 0.29) is 30.7 Å². The van der Waals surface area contributed by atoms with Crippen LogP contribution in [0.15, 0.2) is 36.5 Å². The molecule has 0 saturated carbocycles. The molecule has 0 aliphatic carbocycles. The van der Waals surface area contributed by atoms with Crippen molar-refractivity contribution in [1.29, 1.82) is 0 Å². The van der Waals surface area contributed by atoms with Crippen molar-refractivity contribution < 1.29 is 17.9 Å². The number of hydrogen-bond acceptors (Lipinski definition) is 3. The van der Waals surface area contributed by atoms with E-state index < -0.39 is 5.92 Å². The smallest absolute Gasteiger partial charge is 0.266 e. The minimum atomic E-state index is -2.69. The minimum Gasteiger partial charge on any atom is -0.457 e. The van der Waals surface area contributed by atoms with Crippen LogP contribution in [0.1, 0.15) is 32.8 Å². The van der Waals surface area contributed by atoms with Crippen LogP contribution in [0.3, 0.4) is 0 Å². The van der Waals surface area contributed by atoms with Crippen LogP contribution in [0.4, 0.5) is 19.0 Å². The Morgan fingerprint density at radius 3 is 2.44 bits per heavy atom. The Bertz CT molecular complexity index is 772. The number of ether oxygens (including phenoxy) is 1. The summed E-state index contributed by atoms with van der Waals surface area (Å²) < 4.78 is 46.7. The van der Waals surface area contributed by atoms with Crippen LogP contribution in [-0.4, -0.2) is 24.0 Å². The molecule has 1 aliphatic rings. The normalized spacial score (nSPS) is 17.0. The highest BCUT2D eigenvalue weighted by Gasteiger charge is 2.38. The van der Waals surface area contributed by atoms with Crippen LogP contribution in [0.5, 0.6) is 11.5 Å². The van der Waals surface area contributed by atoms with Gasteiger partial charge >= 0.3 is 0 Å². The number of hydrogen-bond donors (Lipinski definition) is 0. The Morgan fingerprint density at radius 1 is 1.12 bits per heavy atom. The lowest BCUT2D eigenvalue weighted by molar-refractivity contribution is 0.0256. The fourth-order valence-corrected chi connectivity index (χ4v) is 2.87. The quantitative estimate of drug-likeness (QED) is 0.765. The molecule has 2 heterocycles. The summed E-state index contributed by atoms with van der Waals surface area (Å²) in [5, 5.41) is 0. The molecule has 6 heteroatoms. The van der Waals surface area contributed by atoms with Gasteiger partial charge in [-0.15, -0.1) is 0 Å². The van der Waals surface area contributed by atoms with Gasteiger partial charge in [0.2, 0.25) is 0 Å². The summed E-state index contributed by atoms with van der Waals surface area (Å²) in [5.41, 5.74) is 0.308. The zero-order chi connectivity index (χ0) is 18.2. The van der Waals surface area contributed by atoms with Gasteiger partial charge in [-0.25, -0.2) is 18.2 Å². The molecule has 134 valence electrons. The van der Waals surface area contributed by atoms with E-state index >= 15 is 0 Å². The van der Waals surface area contributed by atoms with Crippen molar-refractivity contribution in [3.63, 3.8) is 0 Å². The van der Waals surface area contributed by atoms with Gasteiger partial charge in [0.05, 0.1) is 6.54 Å². The molecular formula is C19H21F3N2O. The SMILES string of the molecule is CC(C)(C)c1ccc(Oc2ccnc(N3CCC(F)(F)C3)c2)cc1F. The van der Waals surface area contributed by atoms with Crippen molar-refractivity contribution in [1.82, 2.24) is 4.98 Å². The third-order valence-electron chi connectivity index (χ3n) is 4.19. The van der Waals surface area contributed by atoms with Gasteiger partial charge in [0, 0.05) is 31.3 Å². The molecule has 2 aromatic rings. The number of aromatic nitrogens is 1. The molecule has 1 aromatic heterocycles. The largest absolute Gasteiger partial charge is 0.457 e. The maximum absolute atomic E-state index is 14.3. The van der Waals surface area contributed by atoms with Crippen molar-refractivity contribution in [3.05, 3.63) is 47.9 Å². The van der Waals surface area contributed by atoms with Gasteiger partial charge in [0.25, 0.3) is 5.92 Å². The lowest BCUT2D eigenvalue weighted by Gasteiger charge is -2.20. The van der Waals surface area contributed by atoms with Gasteiger partial charge in [-0.2, -0.15) is 0 Å². The molecule has 1 fully saturated rings. The van der Waals surface area contributed by atoms with Gasteiger partial charge < -0.3 is 9.64 Å². The minimum absolute atomic E-state index is 0.181. The predicted octanol–water partition coefficient (Wildman–Crippen LogP) is 5.16. The zero-order valence-corrected chi connectivity index (χ0v) is 14.5. The van der Waals surface area contributed by atoms with E-state index in [1.807, 2.05) is 20.8 Å². The molecular weight excluding hydrogens is 329 g/mol. The molecule has 0 amide bonds. The topological polar surface area (TPSA) is 25.4 Å². The number of pyridine rings is 1. The fourth-order valence-electron chi connectivity index (χ4n) is 2.87. The molecule has 0 spiro atoms. The Labute approximate surface area is 145 Å². The molecule has 0 atom stereocenters. The average molecular weight is 350 g/mol. The van der Waals surface area contributed by atoms with E-state index in [9.17, 15) is 13.2 Å². The lowest BCUT2D eigenvalue weighted by Crippen LogP contribution is -2.25. The lowest BCUT2D eigenvalue weighted by atomic mass is 9.87. The van der Waals surface area contributed by atoms with Crippen LogP contribution < -0.4 is 9.64 Å². The van der Waals surface area contributed by atoms with Crippen molar-refractivity contribution in [2.45, 2.75) is 38.5 Å². The molecule has 0 unspecified atom stereocenters.